The summed E-state index contributed by atoms with van der Waals surface area (Å²) in [6, 6.07) is 2.91. The van der Waals surface area contributed by atoms with Crippen LogP contribution in [-0.2, 0) is 24.4 Å². The number of anilines is 1. The van der Waals surface area contributed by atoms with E-state index in [1.165, 1.54) is 12.1 Å². The van der Waals surface area contributed by atoms with E-state index in [-0.39, 0.29) is 13.3 Å². The van der Waals surface area contributed by atoms with Crippen molar-refractivity contribution >= 4 is 59.4 Å². The van der Waals surface area contributed by atoms with Crippen molar-refractivity contribution in [3.05, 3.63) is 28.1 Å². The predicted molar refractivity (Wildman–Crippen MR) is 121 cm³/mol. The number of thiophene rings is 2. The molecule has 2 aromatic rings. The second kappa shape index (κ2) is 9.67. The topological polar surface area (TPSA) is 144 Å². The first-order chi connectivity index (χ1) is 13.8. The van der Waals surface area contributed by atoms with E-state index in [0.29, 0.717) is 16.1 Å². The highest BCUT2D eigenvalue weighted by Crippen LogP contribution is 2.31. The van der Waals surface area contributed by atoms with Crippen LogP contribution in [0.1, 0.15) is 41.6 Å². The zero-order chi connectivity index (χ0) is 24.4. The van der Waals surface area contributed by atoms with Gasteiger partial charge < -0.3 is 9.84 Å². The average molecular weight is 512 g/mol. The summed E-state index contributed by atoms with van der Waals surface area (Å²) in [5.41, 5.74) is 0.596. The Kier molecular flexibility index (Phi) is 8.45. The molecule has 2 heterocycles. The van der Waals surface area contributed by atoms with E-state index < -0.39 is 37.3 Å². The molecule has 2 aromatic heterocycles. The third-order valence-electron chi connectivity index (χ3n) is 3.33. The fourth-order valence-electron chi connectivity index (χ4n) is 2.00. The highest BCUT2D eigenvalue weighted by molar-refractivity contribution is 7.93. The van der Waals surface area contributed by atoms with Crippen molar-refractivity contribution in [3.63, 3.8) is 0 Å². The van der Waals surface area contributed by atoms with Gasteiger partial charge in [0.15, 0.2) is 19.7 Å². The highest BCUT2D eigenvalue weighted by atomic mass is 32.2. The van der Waals surface area contributed by atoms with Gasteiger partial charge in [-0.3, -0.25) is 5.32 Å². The minimum absolute atomic E-state index is 0.0837. The number of carbonyl (C=O) groups excluding carboxylic acids is 1. The molecule has 0 radical (unpaired) electrons. The summed E-state index contributed by atoms with van der Waals surface area (Å²) in [6.45, 7) is 8.59. The zero-order valence-electron chi connectivity index (χ0n) is 18.1. The number of carbonyl (C=O) groups is 2. The van der Waals surface area contributed by atoms with Crippen LogP contribution in [0.2, 0.25) is 0 Å². The third kappa shape index (κ3) is 8.59. The number of carboxylic acid groups (broad SMARTS) is 1. The second-order valence-electron chi connectivity index (χ2n) is 7.63. The van der Waals surface area contributed by atoms with E-state index in [4.69, 9.17) is 9.84 Å². The van der Waals surface area contributed by atoms with Gasteiger partial charge in [0.25, 0.3) is 0 Å². The molecule has 0 aliphatic rings. The van der Waals surface area contributed by atoms with Crippen molar-refractivity contribution in [2.75, 3.05) is 17.8 Å². The number of hydrogen-bond acceptors (Lipinski definition) is 9. The summed E-state index contributed by atoms with van der Waals surface area (Å²) >= 11 is 1.81. The van der Waals surface area contributed by atoms with Crippen LogP contribution in [0.4, 0.5) is 9.80 Å². The van der Waals surface area contributed by atoms with Crippen LogP contribution in [0.25, 0.3) is 0 Å². The molecule has 13 heteroatoms. The Morgan fingerprint density at radius 3 is 1.71 bits per heavy atom. The lowest BCUT2D eigenvalue weighted by molar-refractivity contribution is 0.0634. The van der Waals surface area contributed by atoms with Gasteiger partial charge >= 0.3 is 12.1 Å². The van der Waals surface area contributed by atoms with Gasteiger partial charge in [-0.15, -0.1) is 22.7 Å². The Balaban J connectivity index is 0.000000327. The number of ether oxygens (including phenoxy) is 1. The molecule has 0 saturated heterocycles. The molecule has 2 rings (SSSR count). The molecule has 0 aromatic carbocycles. The molecule has 0 bridgehead atoms. The number of aryl methyl sites for hydroxylation is 2. The first-order valence-electron chi connectivity index (χ1n) is 8.65. The maximum Gasteiger partial charge on any atom is 0.412 e. The largest absolute Gasteiger partial charge is 0.477 e. The maximum atomic E-state index is 11.6. The Bertz CT molecular complexity index is 1180. The predicted octanol–water partition coefficient (Wildman–Crippen LogP) is 3.97. The normalized spacial score (nSPS) is 12.0. The van der Waals surface area contributed by atoms with E-state index in [1.54, 1.807) is 34.6 Å². The van der Waals surface area contributed by atoms with E-state index in [2.05, 4.69) is 5.32 Å². The van der Waals surface area contributed by atoms with Gasteiger partial charge in [0, 0.05) is 12.5 Å². The van der Waals surface area contributed by atoms with Crippen LogP contribution in [0.3, 0.4) is 0 Å². The Labute approximate surface area is 189 Å². The first-order valence-corrected chi connectivity index (χ1v) is 14.1. The maximum absolute atomic E-state index is 11.6. The summed E-state index contributed by atoms with van der Waals surface area (Å²) in [5.74, 6) is -1.09. The van der Waals surface area contributed by atoms with Crippen molar-refractivity contribution in [2.24, 2.45) is 0 Å². The van der Waals surface area contributed by atoms with Gasteiger partial charge in [-0.1, -0.05) is 0 Å². The number of nitrogens with one attached hydrogen (secondary N) is 1. The van der Waals surface area contributed by atoms with Crippen LogP contribution < -0.4 is 5.32 Å². The Morgan fingerprint density at radius 2 is 1.39 bits per heavy atom. The molecule has 0 aliphatic heterocycles. The van der Waals surface area contributed by atoms with E-state index >= 15 is 0 Å². The standard InChI is InChI=1S/C11H17NO4S2.C7H8O4S2/c1-7-6-8(18(5,14)15)17-9(7)12-10(13)16-11(2,3)4;1-4-3-5(13(2,10)11)12-6(4)7(8)9/h6H,1-5H3,(H,12,13);3H,1-2H3,(H,8,9). The van der Waals surface area contributed by atoms with Crippen molar-refractivity contribution in [1.29, 1.82) is 0 Å². The van der Waals surface area contributed by atoms with Crippen LogP contribution >= 0.6 is 22.7 Å². The van der Waals surface area contributed by atoms with E-state index in [1.807, 2.05) is 0 Å². The van der Waals surface area contributed by atoms with Gasteiger partial charge in [0.2, 0.25) is 0 Å². The van der Waals surface area contributed by atoms with Crippen LogP contribution in [0.5, 0.6) is 0 Å². The molecule has 0 fully saturated rings. The molecule has 0 unspecified atom stereocenters. The zero-order valence-corrected chi connectivity index (χ0v) is 21.4. The number of rotatable bonds is 4. The number of aromatic carboxylic acids is 1. The van der Waals surface area contributed by atoms with Crippen LogP contribution in [-0.4, -0.2) is 52.1 Å². The lowest BCUT2D eigenvalue weighted by atomic mass is 10.2. The molecular formula is C18H25NO8S4. The van der Waals surface area contributed by atoms with Crippen molar-refractivity contribution in [3.8, 4) is 0 Å². The number of hydrogen-bond donors (Lipinski definition) is 2. The van der Waals surface area contributed by atoms with Crippen molar-refractivity contribution < 1.29 is 36.3 Å². The molecule has 0 saturated carbocycles. The van der Waals surface area contributed by atoms with Gasteiger partial charge in [-0.05, 0) is 57.9 Å². The highest BCUT2D eigenvalue weighted by Gasteiger charge is 2.20. The summed E-state index contributed by atoms with van der Waals surface area (Å²) in [4.78, 5) is 22.2. The van der Waals surface area contributed by atoms with Gasteiger partial charge in [0.1, 0.15) is 23.9 Å². The summed E-state index contributed by atoms with van der Waals surface area (Å²) in [5, 5.41) is 11.7. The van der Waals surface area contributed by atoms with Crippen molar-refractivity contribution in [1.82, 2.24) is 0 Å². The first kappa shape index (κ1) is 27.1. The smallest absolute Gasteiger partial charge is 0.412 e. The van der Waals surface area contributed by atoms with Gasteiger partial charge in [-0.25, -0.2) is 26.4 Å². The second-order valence-corrected chi connectivity index (χ2v) is 14.2. The van der Waals surface area contributed by atoms with E-state index in [0.717, 1.165) is 35.2 Å². The Morgan fingerprint density at radius 1 is 0.935 bits per heavy atom. The molecule has 1 amide bonds. The number of sulfone groups is 2. The van der Waals surface area contributed by atoms with Crippen LogP contribution in [0.15, 0.2) is 20.6 Å². The quantitative estimate of drug-likeness (QED) is 0.627. The fraction of sp³-hybridized carbons (Fsp3) is 0.444. The molecule has 31 heavy (non-hydrogen) atoms. The molecule has 0 aliphatic carbocycles. The summed E-state index contributed by atoms with van der Waals surface area (Å²) < 4.78 is 50.3. The summed E-state index contributed by atoms with van der Waals surface area (Å²) in [7, 11) is -6.53. The van der Waals surface area contributed by atoms with Crippen molar-refractivity contribution in [2.45, 2.75) is 48.6 Å². The molecule has 9 nitrogen and oxygen atoms in total. The van der Waals surface area contributed by atoms with Crippen LogP contribution in [0, 0.1) is 13.8 Å². The summed E-state index contributed by atoms with van der Waals surface area (Å²) in [6.07, 6.45) is 1.60. The fourth-order valence-corrected chi connectivity index (χ4v) is 6.03. The lowest BCUT2D eigenvalue weighted by Gasteiger charge is -2.19. The molecule has 0 atom stereocenters. The number of amides is 1. The van der Waals surface area contributed by atoms with Gasteiger partial charge in [-0.2, -0.15) is 0 Å². The minimum atomic E-state index is -3.28. The third-order valence-corrected chi connectivity index (χ3v) is 9.31. The van der Waals surface area contributed by atoms with Gasteiger partial charge in [0.05, 0.1) is 0 Å². The molecule has 174 valence electrons. The molecular weight excluding hydrogens is 486 g/mol. The minimum Gasteiger partial charge on any atom is -0.477 e. The Hall–Kier alpha value is -1.96. The molecule has 2 N–H and O–H groups in total. The average Bonchev–Trinajstić information content (AvgIpc) is 3.09. The number of carboxylic acids is 1. The van der Waals surface area contributed by atoms with E-state index in [9.17, 15) is 26.4 Å². The SMILES string of the molecule is Cc1cc(S(C)(=O)=O)sc1C(=O)O.Cc1cc(S(C)(=O)=O)sc1NC(=O)OC(C)(C)C. The molecule has 0 spiro atoms. The monoisotopic (exact) mass is 511 g/mol. The lowest BCUT2D eigenvalue weighted by Crippen LogP contribution is -2.27.